The Morgan fingerprint density at radius 2 is 1.81 bits per heavy atom. The van der Waals surface area contributed by atoms with Gasteiger partial charge in [0, 0.05) is 13.2 Å². The summed E-state index contributed by atoms with van der Waals surface area (Å²) in [6.07, 6.45) is -0.0201. The molecule has 0 saturated carbocycles. The van der Waals surface area contributed by atoms with E-state index in [0.29, 0.717) is 12.5 Å². The molecule has 0 aliphatic rings. The Morgan fingerprint density at radius 3 is 2.25 bits per heavy atom. The van der Waals surface area contributed by atoms with Gasteiger partial charge in [-0.15, -0.1) is 0 Å². The highest BCUT2D eigenvalue weighted by Gasteiger charge is 2.10. The van der Waals surface area contributed by atoms with Crippen molar-refractivity contribution >= 4 is 0 Å². The molecule has 1 rings (SSSR count). The summed E-state index contributed by atoms with van der Waals surface area (Å²) in [5.74, 6) is 1.37. The first-order valence-electron chi connectivity index (χ1n) is 5.63. The van der Waals surface area contributed by atoms with Crippen molar-refractivity contribution in [1.82, 2.24) is 0 Å². The normalized spacial score (nSPS) is 12.8. The second kappa shape index (κ2) is 6.51. The largest absolute Gasteiger partial charge is 0.497 e. The Bertz CT molecular complexity index is 295. The summed E-state index contributed by atoms with van der Waals surface area (Å²) in [7, 11) is 1.66. The molecule has 0 bridgehead atoms. The first-order valence-corrected chi connectivity index (χ1v) is 5.63. The third-order valence-corrected chi connectivity index (χ3v) is 2.33. The molecule has 0 aliphatic carbocycles. The number of rotatable bonds is 6. The third kappa shape index (κ3) is 3.83. The van der Waals surface area contributed by atoms with Crippen LogP contribution in [0.15, 0.2) is 24.3 Å². The third-order valence-electron chi connectivity index (χ3n) is 2.33. The molecule has 0 radical (unpaired) electrons. The van der Waals surface area contributed by atoms with E-state index < -0.39 is 0 Å². The van der Waals surface area contributed by atoms with Gasteiger partial charge in [-0.2, -0.15) is 0 Å². The molecule has 0 heterocycles. The SMILES string of the molecule is COc1ccc(C(CN)OCC(C)C)cc1. The maximum Gasteiger partial charge on any atom is 0.118 e. The molecular formula is C13H21NO2. The van der Waals surface area contributed by atoms with Crippen LogP contribution < -0.4 is 10.5 Å². The summed E-state index contributed by atoms with van der Waals surface area (Å²) in [5.41, 5.74) is 6.81. The highest BCUT2D eigenvalue weighted by molar-refractivity contribution is 5.28. The number of ether oxygens (including phenoxy) is 2. The fraction of sp³-hybridized carbons (Fsp3) is 0.538. The minimum Gasteiger partial charge on any atom is -0.497 e. The first-order chi connectivity index (χ1) is 7.67. The molecular weight excluding hydrogens is 202 g/mol. The van der Waals surface area contributed by atoms with E-state index in [1.54, 1.807) is 7.11 Å². The van der Waals surface area contributed by atoms with E-state index in [2.05, 4.69) is 13.8 Å². The Kier molecular flexibility index (Phi) is 5.29. The van der Waals surface area contributed by atoms with E-state index in [1.165, 1.54) is 0 Å². The zero-order valence-corrected chi connectivity index (χ0v) is 10.3. The molecule has 2 N–H and O–H groups in total. The molecule has 0 spiro atoms. The Balaban J connectivity index is 2.63. The topological polar surface area (TPSA) is 44.5 Å². The highest BCUT2D eigenvalue weighted by Crippen LogP contribution is 2.20. The van der Waals surface area contributed by atoms with Gasteiger partial charge >= 0.3 is 0 Å². The fourth-order valence-electron chi connectivity index (χ4n) is 1.43. The first kappa shape index (κ1) is 13.0. The van der Waals surface area contributed by atoms with Crippen LogP contribution >= 0.6 is 0 Å². The quantitative estimate of drug-likeness (QED) is 0.805. The maximum absolute atomic E-state index is 5.75. The van der Waals surface area contributed by atoms with E-state index >= 15 is 0 Å². The number of methoxy groups -OCH3 is 1. The van der Waals surface area contributed by atoms with Gasteiger partial charge < -0.3 is 15.2 Å². The lowest BCUT2D eigenvalue weighted by atomic mass is 10.1. The van der Waals surface area contributed by atoms with E-state index in [9.17, 15) is 0 Å². The van der Waals surface area contributed by atoms with Crippen LogP contribution in [0, 0.1) is 5.92 Å². The molecule has 0 fully saturated rings. The van der Waals surface area contributed by atoms with Gasteiger partial charge in [0.25, 0.3) is 0 Å². The van der Waals surface area contributed by atoms with E-state index in [4.69, 9.17) is 15.2 Å². The van der Waals surface area contributed by atoms with Crippen LogP contribution in [0.2, 0.25) is 0 Å². The van der Waals surface area contributed by atoms with Crippen molar-refractivity contribution in [3.63, 3.8) is 0 Å². The van der Waals surface area contributed by atoms with Gasteiger partial charge in [0.05, 0.1) is 13.2 Å². The van der Waals surface area contributed by atoms with Crippen LogP contribution in [0.3, 0.4) is 0 Å². The van der Waals surface area contributed by atoms with Crippen molar-refractivity contribution in [2.45, 2.75) is 20.0 Å². The lowest BCUT2D eigenvalue weighted by molar-refractivity contribution is 0.0405. The minimum absolute atomic E-state index is 0.0201. The standard InChI is InChI=1S/C13H21NO2/c1-10(2)9-16-13(8-14)11-4-6-12(15-3)7-5-11/h4-7,10,13H,8-9,14H2,1-3H3. The summed E-state index contributed by atoms with van der Waals surface area (Å²) >= 11 is 0. The molecule has 16 heavy (non-hydrogen) atoms. The molecule has 0 aliphatic heterocycles. The maximum atomic E-state index is 5.75. The van der Waals surface area contributed by atoms with Gasteiger partial charge in [-0.05, 0) is 23.6 Å². The summed E-state index contributed by atoms with van der Waals surface area (Å²) in [6.45, 7) is 5.48. The van der Waals surface area contributed by atoms with Crippen LogP contribution in [0.5, 0.6) is 5.75 Å². The molecule has 3 heteroatoms. The van der Waals surface area contributed by atoms with Crippen LogP contribution in [-0.2, 0) is 4.74 Å². The van der Waals surface area contributed by atoms with Gasteiger partial charge in [-0.25, -0.2) is 0 Å². The van der Waals surface area contributed by atoms with Crippen molar-refractivity contribution < 1.29 is 9.47 Å². The van der Waals surface area contributed by atoms with Gasteiger partial charge in [0.2, 0.25) is 0 Å². The molecule has 1 aromatic carbocycles. The average molecular weight is 223 g/mol. The molecule has 3 nitrogen and oxygen atoms in total. The number of hydrogen-bond acceptors (Lipinski definition) is 3. The number of benzene rings is 1. The average Bonchev–Trinajstić information content (AvgIpc) is 2.30. The van der Waals surface area contributed by atoms with Crippen molar-refractivity contribution in [2.24, 2.45) is 11.7 Å². The van der Waals surface area contributed by atoms with Gasteiger partial charge in [-0.3, -0.25) is 0 Å². The molecule has 1 atom stereocenters. The molecule has 0 saturated heterocycles. The fourth-order valence-corrected chi connectivity index (χ4v) is 1.43. The highest BCUT2D eigenvalue weighted by atomic mass is 16.5. The van der Waals surface area contributed by atoms with Crippen LogP contribution in [0.25, 0.3) is 0 Å². The molecule has 1 unspecified atom stereocenters. The number of nitrogens with two attached hydrogens (primary N) is 1. The Hall–Kier alpha value is -1.06. The van der Waals surface area contributed by atoms with Crippen molar-refractivity contribution in [1.29, 1.82) is 0 Å². The van der Waals surface area contributed by atoms with E-state index in [-0.39, 0.29) is 6.10 Å². The molecule has 1 aromatic rings. The monoisotopic (exact) mass is 223 g/mol. The number of hydrogen-bond donors (Lipinski definition) is 1. The van der Waals surface area contributed by atoms with E-state index in [1.807, 2.05) is 24.3 Å². The van der Waals surface area contributed by atoms with Crippen LogP contribution in [0.1, 0.15) is 25.5 Å². The second-order valence-electron chi connectivity index (χ2n) is 4.22. The van der Waals surface area contributed by atoms with Crippen LogP contribution in [0.4, 0.5) is 0 Å². The van der Waals surface area contributed by atoms with Crippen LogP contribution in [-0.4, -0.2) is 20.3 Å². The van der Waals surface area contributed by atoms with Crippen molar-refractivity contribution in [3.8, 4) is 5.75 Å². The molecule has 0 aromatic heterocycles. The second-order valence-corrected chi connectivity index (χ2v) is 4.22. The summed E-state index contributed by atoms with van der Waals surface area (Å²) < 4.78 is 10.9. The Morgan fingerprint density at radius 1 is 1.19 bits per heavy atom. The van der Waals surface area contributed by atoms with Gasteiger partial charge in [0.15, 0.2) is 0 Å². The summed E-state index contributed by atoms with van der Waals surface area (Å²) in [5, 5.41) is 0. The van der Waals surface area contributed by atoms with E-state index in [0.717, 1.165) is 17.9 Å². The van der Waals surface area contributed by atoms with Crippen molar-refractivity contribution in [3.05, 3.63) is 29.8 Å². The molecule has 90 valence electrons. The summed E-state index contributed by atoms with van der Waals surface area (Å²) in [6, 6.07) is 7.85. The summed E-state index contributed by atoms with van der Waals surface area (Å²) in [4.78, 5) is 0. The predicted molar refractivity (Wildman–Crippen MR) is 65.6 cm³/mol. The lowest BCUT2D eigenvalue weighted by Crippen LogP contribution is -2.18. The smallest absolute Gasteiger partial charge is 0.118 e. The zero-order chi connectivity index (χ0) is 12.0. The zero-order valence-electron chi connectivity index (χ0n) is 10.3. The lowest BCUT2D eigenvalue weighted by Gasteiger charge is -2.18. The minimum atomic E-state index is -0.0201. The Labute approximate surface area is 97.6 Å². The molecule has 0 amide bonds. The van der Waals surface area contributed by atoms with Crippen molar-refractivity contribution in [2.75, 3.05) is 20.3 Å². The predicted octanol–water partition coefficient (Wildman–Crippen LogP) is 2.37. The van der Waals surface area contributed by atoms with Gasteiger partial charge in [0.1, 0.15) is 5.75 Å². The van der Waals surface area contributed by atoms with Gasteiger partial charge in [-0.1, -0.05) is 26.0 Å².